The molecule has 0 spiro atoms. The normalized spacial score (nSPS) is 11.9. The molecule has 0 saturated heterocycles. The monoisotopic (exact) mass is 585 g/mol. The minimum atomic E-state index is -1.22. The van der Waals surface area contributed by atoms with E-state index >= 15 is 0 Å². The van der Waals surface area contributed by atoms with Crippen molar-refractivity contribution in [2.24, 2.45) is 0 Å². The van der Waals surface area contributed by atoms with Gasteiger partial charge in [-0.15, -0.1) is 0 Å². The van der Waals surface area contributed by atoms with E-state index in [1.54, 1.807) is 69.3 Å². The number of hydrogen-bond acceptors (Lipinski definition) is 6. The number of rotatable bonds is 9. The molecule has 0 radical (unpaired) electrons. The lowest BCUT2D eigenvalue weighted by molar-refractivity contribution is -0.143. The molecule has 4 rings (SSSR count). The molecule has 222 valence electrons. The van der Waals surface area contributed by atoms with Crippen molar-refractivity contribution in [3.8, 4) is 5.69 Å². The van der Waals surface area contributed by atoms with Crippen LogP contribution >= 0.6 is 0 Å². The van der Waals surface area contributed by atoms with Gasteiger partial charge in [0.15, 0.2) is 5.78 Å². The van der Waals surface area contributed by atoms with Gasteiger partial charge in [0.25, 0.3) is 5.56 Å². The van der Waals surface area contributed by atoms with Crippen LogP contribution in [0.1, 0.15) is 47.8 Å². The predicted octanol–water partition coefficient (Wildman–Crippen LogP) is 5.22. The van der Waals surface area contributed by atoms with E-state index in [0.717, 1.165) is 22.6 Å². The van der Waals surface area contributed by atoms with Crippen LogP contribution < -0.4 is 11.3 Å². The number of carbonyl (C=O) groups excluding carboxylic acids is 2. The lowest BCUT2D eigenvalue weighted by Gasteiger charge is -2.31. The van der Waals surface area contributed by atoms with E-state index in [9.17, 15) is 28.7 Å². The number of aromatic nitrogens is 1. The van der Waals surface area contributed by atoms with Crippen LogP contribution in [-0.2, 0) is 22.5 Å². The average Bonchev–Trinajstić information content (AvgIpc) is 2.95. The van der Waals surface area contributed by atoms with Crippen LogP contribution in [0.5, 0.6) is 0 Å². The molecule has 1 aromatic heterocycles. The third kappa shape index (κ3) is 7.53. The highest BCUT2D eigenvalue weighted by atomic mass is 19.1. The number of pyridine rings is 1. The number of halogens is 1. The van der Waals surface area contributed by atoms with Crippen molar-refractivity contribution < 1.29 is 28.6 Å². The molecule has 1 heterocycles. The predicted molar refractivity (Wildman–Crippen MR) is 160 cm³/mol. The lowest BCUT2D eigenvalue weighted by atomic mass is 10.0. The minimum Gasteiger partial charge on any atom is -0.480 e. The SMILES string of the molecule is CC(C)(C)OC(=O)N(Cc1ccc(-n2c(N)c(C(=O)c3ccc(F)cc3)ccc2=O)cc1)C(Cc1ccccc1)C(=O)O. The second-order valence-electron chi connectivity index (χ2n) is 11.0. The summed E-state index contributed by atoms with van der Waals surface area (Å²) in [7, 11) is 0. The number of amides is 1. The summed E-state index contributed by atoms with van der Waals surface area (Å²) in [6, 6.07) is 21.7. The maximum absolute atomic E-state index is 13.3. The zero-order valence-corrected chi connectivity index (χ0v) is 24.0. The first kappa shape index (κ1) is 30.7. The summed E-state index contributed by atoms with van der Waals surface area (Å²) in [4.78, 5) is 52.6. The molecular formula is C33H32FN3O6. The van der Waals surface area contributed by atoms with Crippen molar-refractivity contribution in [3.05, 3.63) is 129 Å². The van der Waals surface area contributed by atoms with Gasteiger partial charge in [0, 0.05) is 24.6 Å². The molecular weight excluding hydrogens is 553 g/mol. The molecule has 3 N–H and O–H groups in total. The van der Waals surface area contributed by atoms with E-state index in [1.807, 2.05) is 6.07 Å². The van der Waals surface area contributed by atoms with Crippen LogP contribution in [0.25, 0.3) is 5.69 Å². The number of carboxylic acids is 1. The summed E-state index contributed by atoms with van der Waals surface area (Å²) in [6.45, 7) is 5.00. The Morgan fingerprint density at radius 3 is 2.12 bits per heavy atom. The Morgan fingerprint density at radius 1 is 0.907 bits per heavy atom. The fraction of sp³-hybridized carbons (Fsp3) is 0.212. The van der Waals surface area contributed by atoms with Gasteiger partial charge in [0.1, 0.15) is 23.3 Å². The van der Waals surface area contributed by atoms with Gasteiger partial charge in [-0.25, -0.2) is 14.0 Å². The van der Waals surface area contributed by atoms with Gasteiger partial charge in [-0.1, -0.05) is 42.5 Å². The third-order valence-corrected chi connectivity index (χ3v) is 6.59. The van der Waals surface area contributed by atoms with E-state index in [-0.39, 0.29) is 29.9 Å². The zero-order chi connectivity index (χ0) is 31.3. The second-order valence-corrected chi connectivity index (χ2v) is 11.0. The van der Waals surface area contributed by atoms with E-state index in [1.165, 1.54) is 28.8 Å². The van der Waals surface area contributed by atoms with Crippen LogP contribution in [0.2, 0.25) is 0 Å². The molecule has 4 aromatic rings. The number of ether oxygens (including phenoxy) is 1. The van der Waals surface area contributed by atoms with Crippen molar-refractivity contribution in [1.82, 2.24) is 9.47 Å². The van der Waals surface area contributed by atoms with E-state index < -0.39 is 40.9 Å². The highest BCUT2D eigenvalue weighted by Crippen LogP contribution is 2.22. The van der Waals surface area contributed by atoms with Crippen molar-refractivity contribution in [2.75, 3.05) is 5.73 Å². The van der Waals surface area contributed by atoms with Gasteiger partial charge in [0.2, 0.25) is 0 Å². The van der Waals surface area contributed by atoms with Gasteiger partial charge < -0.3 is 15.6 Å². The Labute approximate surface area is 248 Å². The number of carboxylic acid groups (broad SMARTS) is 1. The molecule has 0 saturated carbocycles. The van der Waals surface area contributed by atoms with Crippen LogP contribution in [0.15, 0.2) is 95.8 Å². The summed E-state index contributed by atoms with van der Waals surface area (Å²) in [6.07, 6.45) is -0.721. The number of carbonyl (C=O) groups is 3. The number of ketones is 1. The molecule has 1 amide bonds. The smallest absolute Gasteiger partial charge is 0.411 e. The Bertz CT molecular complexity index is 1680. The third-order valence-electron chi connectivity index (χ3n) is 6.59. The molecule has 10 heteroatoms. The standard InChI is InChI=1S/C33H32FN3O6/c1-33(2,3)43-32(42)36(27(31(40)41)19-21-7-5-4-6-8-21)20-22-9-15-25(16-10-22)37-28(38)18-17-26(30(37)35)29(39)23-11-13-24(34)14-12-23/h4-18,27H,19-20,35H2,1-3H3,(H,40,41). The van der Waals surface area contributed by atoms with Gasteiger partial charge in [0.05, 0.1) is 11.3 Å². The summed E-state index contributed by atoms with van der Waals surface area (Å²) < 4.78 is 20.1. The van der Waals surface area contributed by atoms with Crippen LogP contribution in [0.3, 0.4) is 0 Å². The van der Waals surface area contributed by atoms with Crippen LogP contribution in [-0.4, -0.2) is 44.1 Å². The second kappa shape index (κ2) is 12.7. The molecule has 0 bridgehead atoms. The van der Waals surface area contributed by atoms with Crippen molar-refractivity contribution in [3.63, 3.8) is 0 Å². The summed E-state index contributed by atoms with van der Waals surface area (Å²) in [5, 5.41) is 10.1. The Morgan fingerprint density at radius 2 is 1.53 bits per heavy atom. The number of nitrogens with zero attached hydrogens (tertiary/aromatic N) is 2. The fourth-order valence-corrected chi connectivity index (χ4v) is 4.51. The molecule has 9 nitrogen and oxygen atoms in total. The van der Waals surface area contributed by atoms with Crippen molar-refractivity contribution in [1.29, 1.82) is 0 Å². The molecule has 0 aliphatic rings. The van der Waals surface area contributed by atoms with E-state index in [4.69, 9.17) is 10.5 Å². The largest absolute Gasteiger partial charge is 0.480 e. The lowest BCUT2D eigenvalue weighted by Crippen LogP contribution is -2.47. The Hall–Kier alpha value is -5.25. The number of nitrogens with two attached hydrogens (primary N) is 1. The number of benzene rings is 3. The first-order chi connectivity index (χ1) is 20.3. The van der Waals surface area contributed by atoms with Gasteiger partial charge >= 0.3 is 12.1 Å². The van der Waals surface area contributed by atoms with Crippen molar-refractivity contribution in [2.45, 2.75) is 45.4 Å². The summed E-state index contributed by atoms with van der Waals surface area (Å²) >= 11 is 0. The molecule has 43 heavy (non-hydrogen) atoms. The highest BCUT2D eigenvalue weighted by molar-refractivity contribution is 6.11. The summed E-state index contributed by atoms with van der Waals surface area (Å²) in [5.74, 6) is -2.25. The van der Waals surface area contributed by atoms with E-state index in [0.29, 0.717) is 11.3 Å². The first-order valence-corrected chi connectivity index (χ1v) is 13.5. The minimum absolute atomic E-state index is 0.0638. The van der Waals surface area contributed by atoms with Gasteiger partial charge in [-0.3, -0.25) is 19.1 Å². The highest BCUT2D eigenvalue weighted by Gasteiger charge is 2.33. The molecule has 0 aliphatic heterocycles. The molecule has 0 aliphatic carbocycles. The summed E-state index contributed by atoms with van der Waals surface area (Å²) in [5.41, 5.74) is 6.87. The molecule has 1 atom stereocenters. The molecule has 3 aromatic carbocycles. The van der Waals surface area contributed by atoms with Gasteiger partial charge in [-0.05, 0) is 74.4 Å². The van der Waals surface area contributed by atoms with Crippen LogP contribution in [0, 0.1) is 5.82 Å². The zero-order valence-electron chi connectivity index (χ0n) is 24.0. The number of anilines is 1. The first-order valence-electron chi connectivity index (χ1n) is 13.5. The Kier molecular flexibility index (Phi) is 9.09. The van der Waals surface area contributed by atoms with E-state index in [2.05, 4.69) is 0 Å². The Balaban J connectivity index is 1.65. The van der Waals surface area contributed by atoms with Crippen molar-refractivity contribution >= 4 is 23.7 Å². The molecule has 0 fully saturated rings. The number of nitrogen functional groups attached to an aromatic ring is 1. The quantitative estimate of drug-likeness (QED) is 0.257. The van der Waals surface area contributed by atoms with Gasteiger partial charge in [-0.2, -0.15) is 0 Å². The number of hydrogen-bond donors (Lipinski definition) is 2. The average molecular weight is 586 g/mol. The fourth-order valence-electron chi connectivity index (χ4n) is 4.51. The number of aliphatic carboxylic acids is 1. The topological polar surface area (TPSA) is 132 Å². The van der Waals surface area contributed by atoms with Crippen LogP contribution in [0.4, 0.5) is 15.0 Å². The molecule has 1 unspecified atom stereocenters. The maximum atomic E-state index is 13.3. The maximum Gasteiger partial charge on any atom is 0.411 e.